The van der Waals surface area contributed by atoms with Crippen LogP contribution in [0.3, 0.4) is 0 Å². The van der Waals surface area contributed by atoms with Crippen LogP contribution in [0.15, 0.2) is 22.6 Å². The van der Waals surface area contributed by atoms with Gasteiger partial charge in [-0.2, -0.15) is 5.10 Å². The number of carbonyl (C=O) groups is 1. The Balaban J connectivity index is 1.85. The van der Waals surface area contributed by atoms with E-state index in [1.807, 2.05) is 32.0 Å². The van der Waals surface area contributed by atoms with Crippen LogP contribution in [-0.4, -0.2) is 27.7 Å². The third-order valence-corrected chi connectivity index (χ3v) is 3.84. The molecule has 0 aliphatic carbocycles. The van der Waals surface area contributed by atoms with Crippen molar-refractivity contribution >= 4 is 5.91 Å². The van der Waals surface area contributed by atoms with Crippen LogP contribution in [0.4, 0.5) is 0 Å². The first-order chi connectivity index (χ1) is 9.95. The van der Waals surface area contributed by atoms with Gasteiger partial charge in [0.1, 0.15) is 23.4 Å². The molecule has 3 heterocycles. The van der Waals surface area contributed by atoms with Crippen LogP contribution in [0.1, 0.15) is 53.1 Å². The van der Waals surface area contributed by atoms with Crippen LogP contribution < -0.4 is 5.43 Å². The number of carbonyl (C=O) groups excluding carboxylic acids is 1. The van der Waals surface area contributed by atoms with Crippen molar-refractivity contribution in [2.24, 2.45) is 0 Å². The third-order valence-electron chi connectivity index (χ3n) is 3.84. The van der Waals surface area contributed by atoms with Gasteiger partial charge in [0.2, 0.25) is 0 Å². The highest BCUT2D eigenvalue weighted by atomic mass is 16.3. The number of amides is 1. The summed E-state index contributed by atoms with van der Waals surface area (Å²) in [7, 11) is 1.74. The lowest BCUT2D eigenvalue weighted by Gasteiger charge is -2.33. The van der Waals surface area contributed by atoms with Crippen LogP contribution in [0.2, 0.25) is 0 Å². The minimum Gasteiger partial charge on any atom is -0.466 e. The molecule has 0 spiro atoms. The summed E-state index contributed by atoms with van der Waals surface area (Å²) < 4.78 is 7.47. The van der Waals surface area contributed by atoms with Crippen molar-refractivity contribution in [3.8, 4) is 0 Å². The lowest BCUT2D eigenvalue weighted by atomic mass is 10.0. The molecule has 1 N–H and O–H groups in total. The lowest BCUT2D eigenvalue weighted by molar-refractivity contribution is 0.0511. The summed E-state index contributed by atoms with van der Waals surface area (Å²) >= 11 is 0. The second-order valence-corrected chi connectivity index (χ2v) is 5.71. The summed E-state index contributed by atoms with van der Waals surface area (Å²) in [5, 5.41) is 5.97. The molecule has 6 nitrogen and oxygen atoms in total. The first-order valence-electron chi connectivity index (χ1n) is 7.12. The zero-order valence-corrected chi connectivity index (χ0v) is 12.8. The van der Waals surface area contributed by atoms with Crippen molar-refractivity contribution < 1.29 is 9.21 Å². The van der Waals surface area contributed by atoms with E-state index >= 15 is 0 Å². The first kappa shape index (κ1) is 13.9. The molecule has 1 aliphatic heterocycles. The second-order valence-electron chi connectivity index (χ2n) is 5.71. The van der Waals surface area contributed by atoms with E-state index in [0.717, 1.165) is 23.6 Å². The number of nitrogens with one attached hydrogen (secondary N) is 1. The number of rotatable bonds is 3. The zero-order valence-electron chi connectivity index (χ0n) is 12.8. The fourth-order valence-electron chi connectivity index (χ4n) is 2.74. The highest BCUT2D eigenvalue weighted by Crippen LogP contribution is 2.29. The van der Waals surface area contributed by atoms with Gasteiger partial charge >= 0.3 is 0 Å². The molecule has 0 fully saturated rings. The quantitative estimate of drug-likeness (QED) is 0.942. The number of fused-ring (bicyclic) bond motifs is 1. The first-order valence-corrected chi connectivity index (χ1v) is 7.12. The number of aromatic nitrogens is 2. The fraction of sp³-hybridized carbons (Fsp3) is 0.467. The van der Waals surface area contributed by atoms with Gasteiger partial charge in [-0.05, 0) is 38.5 Å². The Bertz CT molecular complexity index is 673. The Morgan fingerprint density at radius 3 is 2.86 bits per heavy atom. The Labute approximate surface area is 123 Å². The van der Waals surface area contributed by atoms with E-state index in [1.165, 1.54) is 5.01 Å². The van der Waals surface area contributed by atoms with E-state index in [0.29, 0.717) is 5.69 Å². The van der Waals surface area contributed by atoms with Gasteiger partial charge < -0.3 is 4.42 Å². The monoisotopic (exact) mass is 288 g/mol. The number of furan rings is 1. The van der Waals surface area contributed by atoms with E-state index in [1.54, 1.807) is 11.7 Å². The van der Waals surface area contributed by atoms with Crippen LogP contribution in [0, 0.1) is 13.8 Å². The van der Waals surface area contributed by atoms with Gasteiger partial charge in [0.15, 0.2) is 0 Å². The molecule has 0 saturated carbocycles. The number of hydrogen-bond donors (Lipinski definition) is 1. The van der Waals surface area contributed by atoms with Crippen molar-refractivity contribution in [3.05, 3.63) is 41.1 Å². The standard InChI is InChI=1S/C15H20N4O2/c1-9(13-6-5-11(3)21-13)7-14-17-18(4)15(20)12-8-10(2)16-19(12)14/h5-6,8-9,14,17H,7H2,1-4H3. The average molecular weight is 288 g/mol. The van der Waals surface area contributed by atoms with Crippen molar-refractivity contribution in [2.75, 3.05) is 7.05 Å². The maximum atomic E-state index is 12.1. The Kier molecular flexibility index (Phi) is 3.33. The Hall–Kier alpha value is -2.08. The summed E-state index contributed by atoms with van der Waals surface area (Å²) in [6.45, 7) is 5.96. The molecular formula is C15H20N4O2. The summed E-state index contributed by atoms with van der Waals surface area (Å²) in [5.74, 6) is 2.04. The fourth-order valence-corrected chi connectivity index (χ4v) is 2.74. The van der Waals surface area contributed by atoms with E-state index in [-0.39, 0.29) is 18.0 Å². The molecule has 2 atom stereocenters. The summed E-state index contributed by atoms with van der Waals surface area (Å²) in [5.41, 5.74) is 4.66. The van der Waals surface area contributed by atoms with Crippen LogP contribution in [-0.2, 0) is 0 Å². The number of aryl methyl sites for hydroxylation is 2. The number of nitrogens with zero attached hydrogens (tertiary/aromatic N) is 3. The Morgan fingerprint density at radius 2 is 2.19 bits per heavy atom. The van der Waals surface area contributed by atoms with Gasteiger partial charge in [-0.3, -0.25) is 9.80 Å². The molecule has 2 unspecified atom stereocenters. The van der Waals surface area contributed by atoms with Crippen LogP contribution in [0.5, 0.6) is 0 Å². The topological polar surface area (TPSA) is 63.3 Å². The molecule has 0 aromatic carbocycles. The van der Waals surface area contributed by atoms with Gasteiger partial charge in [-0.1, -0.05) is 6.92 Å². The molecule has 2 aromatic rings. The van der Waals surface area contributed by atoms with Crippen molar-refractivity contribution in [3.63, 3.8) is 0 Å². The van der Waals surface area contributed by atoms with E-state index in [2.05, 4.69) is 17.4 Å². The molecule has 6 heteroatoms. The molecule has 1 aliphatic rings. The molecule has 3 rings (SSSR count). The second kappa shape index (κ2) is 5.04. The predicted molar refractivity (Wildman–Crippen MR) is 77.7 cm³/mol. The zero-order chi connectivity index (χ0) is 15.1. The molecule has 21 heavy (non-hydrogen) atoms. The van der Waals surface area contributed by atoms with Gasteiger partial charge in [0.05, 0.1) is 5.69 Å². The van der Waals surface area contributed by atoms with E-state index in [9.17, 15) is 4.79 Å². The summed E-state index contributed by atoms with van der Waals surface area (Å²) in [6, 6.07) is 5.81. The highest BCUT2D eigenvalue weighted by molar-refractivity contribution is 5.92. The largest absolute Gasteiger partial charge is 0.466 e. The minimum absolute atomic E-state index is 0.0585. The summed E-state index contributed by atoms with van der Waals surface area (Å²) in [6.07, 6.45) is 0.732. The van der Waals surface area contributed by atoms with Crippen molar-refractivity contribution in [1.29, 1.82) is 0 Å². The molecule has 1 amide bonds. The minimum atomic E-state index is -0.0617. The molecule has 112 valence electrons. The summed E-state index contributed by atoms with van der Waals surface area (Å²) in [4.78, 5) is 12.1. The van der Waals surface area contributed by atoms with E-state index in [4.69, 9.17) is 4.42 Å². The molecule has 0 saturated heterocycles. The van der Waals surface area contributed by atoms with Crippen molar-refractivity contribution in [1.82, 2.24) is 20.2 Å². The smallest absolute Gasteiger partial charge is 0.286 e. The molecular weight excluding hydrogens is 268 g/mol. The van der Waals surface area contributed by atoms with Crippen LogP contribution >= 0.6 is 0 Å². The van der Waals surface area contributed by atoms with Crippen molar-refractivity contribution in [2.45, 2.75) is 39.3 Å². The third kappa shape index (κ3) is 2.47. The maximum Gasteiger partial charge on any atom is 0.286 e. The normalized spacial score (nSPS) is 19.7. The molecule has 2 aromatic heterocycles. The van der Waals surface area contributed by atoms with Gasteiger partial charge in [0, 0.05) is 13.0 Å². The van der Waals surface area contributed by atoms with E-state index < -0.39 is 0 Å². The molecule has 0 bridgehead atoms. The van der Waals surface area contributed by atoms with Gasteiger partial charge in [-0.25, -0.2) is 10.1 Å². The lowest BCUT2D eigenvalue weighted by Crippen LogP contribution is -2.50. The predicted octanol–water partition coefficient (Wildman–Crippen LogP) is 2.38. The molecule has 0 radical (unpaired) electrons. The Morgan fingerprint density at radius 1 is 1.43 bits per heavy atom. The number of hydrogen-bond acceptors (Lipinski definition) is 4. The maximum absolute atomic E-state index is 12.1. The average Bonchev–Trinajstić information content (AvgIpc) is 3.02. The van der Waals surface area contributed by atoms with Crippen LogP contribution in [0.25, 0.3) is 0 Å². The highest BCUT2D eigenvalue weighted by Gasteiger charge is 2.31. The van der Waals surface area contributed by atoms with Gasteiger partial charge in [0.25, 0.3) is 5.91 Å². The number of hydrazine groups is 1. The van der Waals surface area contributed by atoms with Gasteiger partial charge in [-0.15, -0.1) is 0 Å². The SMILES string of the molecule is Cc1cc2n(n1)C(CC(C)c1ccc(C)o1)NN(C)C2=O.